The number of amides is 4. The summed E-state index contributed by atoms with van der Waals surface area (Å²) < 4.78 is 5.26. The minimum atomic E-state index is -1.02. The number of nitrogens with one attached hydrogen (secondary N) is 5. The summed E-state index contributed by atoms with van der Waals surface area (Å²) in [7, 11) is 1.52. The van der Waals surface area contributed by atoms with E-state index in [0.717, 1.165) is 71.1 Å². The molecular weight excluding hydrogens is 552 g/mol. The van der Waals surface area contributed by atoms with Crippen LogP contribution in [0.1, 0.15) is 63.4 Å². The minimum absolute atomic E-state index is 0.0153. The van der Waals surface area contributed by atoms with Crippen LogP contribution in [0.15, 0.2) is 24.3 Å². The SMILES string of the molecule is COc1ccccc1CC(=O)N[C@@H](CC(N)=O)C(=O)NCCCCCNCCCNCCCNC(=O)[C@@H](N)CCCCN. The normalized spacial score (nSPS) is 12.3. The van der Waals surface area contributed by atoms with Gasteiger partial charge >= 0.3 is 0 Å². The highest BCUT2D eigenvalue weighted by Gasteiger charge is 2.23. The molecule has 43 heavy (non-hydrogen) atoms. The first-order valence-corrected chi connectivity index (χ1v) is 15.4. The van der Waals surface area contributed by atoms with E-state index in [1.165, 1.54) is 7.11 Å². The topological polar surface area (TPSA) is 216 Å². The summed E-state index contributed by atoms with van der Waals surface area (Å²) in [5.41, 5.74) is 17.3. The molecule has 1 rings (SSSR count). The van der Waals surface area contributed by atoms with Crippen molar-refractivity contribution in [1.29, 1.82) is 0 Å². The predicted octanol–water partition coefficient (Wildman–Crippen LogP) is -0.584. The van der Waals surface area contributed by atoms with E-state index in [2.05, 4.69) is 26.6 Å². The number of rotatable bonds is 26. The molecule has 1 aromatic carbocycles. The van der Waals surface area contributed by atoms with E-state index in [1.807, 2.05) is 0 Å². The van der Waals surface area contributed by atoms with Crippen molar-refractivity contribution in [1.82, 2.24) is 26.6 Å². The van der Waals surface area contributed by atoms with Gasteiger partial charge in [-0.3, -0.25) is 19.2 Å². The molecule has 13 heteroatoms. The first-order valence-electron chi connectivity index (χ1n) is 15.4. The van der Waals surface area contributed by atoms with Crippen LogP contribution in [0.25, 0.3) is 0 Å². The van der Waals surface area contributed by atoms with Crippen LogP contribution in [-0.2, 0) is 25.6 Å². The maximum Gasteiger partial charge on any atom is 0.243 e. The maximum absolute atomic E-state index is 12.6. The van der Waals surface area contributed by atoms with E-state index < -0.39 is 29.8 Å². The highest BCUT2D eigenvalue weighted by molar-refractivity contribution is 5.92. The molecule has 11 N–H and O–H groups in total. The summed E-state index contributed by atoms with van der Waals surface area (Å²) in [6, 6.07) is 5.64. The molecule has 0 heterocycles. The van der Waals surface area contributed by atoms with E-state index in [4.69, 9.17) is 21.9 Å². The van der Waals surface area contributed by atoms with Gasteiger partial charge in [0.05, 0.1) is 26.0 Å². The summed E-state index contributed by atoms with van der Waals surface area (Å²) >= 11 is 0. The zero-order valence-corrected chi connectivity index (χ0v) is 25.8. The third-order valence-corrected chi connectivity index (χ3v) is 6.77. The van der Waals surface area contributed by atoms with E-state index >= 15 is 0 Å². The van der Waals surface area contributed by atoms with Gasteiger partial charge in [-0.15, -0.1) is 0 Å². The van der Waals surface area contributed by atoms with Crippen molar-refractivity contribution in [3.8, 4) is 5.75 Å². The molecule has 244 valence electrons. The van der Waals surface area contributed by atoms with Gasteiger partial charge in [0.1, 0.15) is 11.8 Å². The summed E-state index contributed by atoms with van der Waals surface area (Å²) in [5, 5.41) is 15.1. The summed E-state index contributed by atoms with van der Waals surface area (Å²) in [6.45, 7) is 5.20. The summed E-state index contributed by atoms with van der Waals surface area (Å²) in [5.74, 6) is -1.02. The number of carbonyl (C=O) groups excluding carboxylic acids is 4. The Morgan fingerprint density at radius 3 is 2.07 bits per heavy atom. The van der Waals surface area contributed by atoms with Gasteiger partial charge in [0.25, 0.3) is 0 Å². The van der Waals surface area contributed by atoms with E-state index in [9.17, 15) is 19.2 Å². The monoisotopic (exact) mass is 606 g/mol. The molecule has 13 nitrogen and oxygen atoms in total. The lowest BCUT2D eigenvalue weighted by molar-refractivity contribution is -0.131. The first-order chi connectivity index (χ1) is 20.8. The maximum atomic E-state index is 12.6. The molecule has 0 aliphatic carbocycles. The molecule has 0 aliphatic heterocycles. The van der Waals surface area contributed by atoms with Crippen LogP contribution in [0.4, 0.5) is 0 Å². The number of hydrogen-bond donors (Lipinski definition) is 8. The Labute approximate surface area is 256 Å². The summed E-state index contributed by atoms with van der Waals surface area (Å²) in [6.07, 6.45) is 6.69. The number of hydrogen-bond acceptors (Lipinski definition) is 9. The van der Waals surface area contributed by atoms with Crippen LogP contribution in [0.3, 0.4) is 0 Å². The van der Waals surface area contributed by atoms with Gasteiger partial charge < -0.3 is 48.5 Å². The molecule has 0 bridgehead atoms. The minimum Gasteiger partial charge on any atom is -0.496 e. The van der Waals surface area contributed by atoms with E-state index in [1.54, 1.807) is 24.3 Å². The number of primary amides is 1. The number of methoxy groups -OCH3 is 1. The second kappa shape index (κ2) is 24.2. The molecule has 0 spiro atoms. The second-order valence-corrected chi connectivity index (χ2v) is 10.5. The highest BCUT2D eigenvalue weighted by atomic mass is 16.5. The second-order valence-electron chi connectivity index (χ2n) is 10.5. The van der Waals surface area contributed by atoms with Crippen molar-refractivity contribution >= 4 is 23.6 Å². The quantitative estimate of drug-likeness (QED) is 0.0632. The van der Waals surface area contributed by atoms with E-state index in [0.29, 0.717) is 37.4 Å². The Morgan fingerprint density at radius 1 is 0.791 bits per heavy atom. The highest BCUT2D eigenvalue weighted by Crippen LogP contribution is 2.17. The van der Waals surface area contributed by atoms with Crippen molar-refractivity contribution < 1.29 is 23.9 Å². The van der Waals surface area contributed by atoms with Gasteiger partial charge in [0.15, 0.2) is 0 Å². The largest absolute Gasteiger partial charge is 0.496 e. The molecule has 1 aromatic rings. The smallest absolute Gasteiger partial charge is 0.243 e. The summed E-state index contributed by atoms with van der Waals surface area (Å²) in [4.78, 5) is 48.5. The number of ether oxygens (including phenoxy) is 1. The van der Waals surface area contributed by atoms with Crippen LogP contribution in [0.5, 0.6) is 5.75 Å². The van der Waals surface area contributed by atoms with Gasteiger partial charge in [-0.25, -0.2) is 0 Å². The third-order valence-electron chi connectivity index (χ3n) is 6.77. The molecule has 0 saturated carbocycles. The van der Waals surface area contributed by atoms with Crippen molar-refractivity contribution in [2.24, 2.45) is 17.2 Å². The van der Waals surface area contributed by atoms with Gasteiger partial charge in [-0.05, 0) is 77.3 Å². The third kappa shape index (κ3) is 18.8. The Kier molecular flexibility index (Phi) is 21.3. The standard InChI is InChI=1S/C30H54N8O5/c1-43-26-13-4-3-11-23(26)21-28(40)38-25(22-27(33)39)30(42)37-19-8-2-7-15-34-16-9-17-35-18-10-20-36-29(41)24(32)12-5-6-14-31/h3-4,11,13,24-25,34-35H,2,5-10,12,14-22,31-32H2,1H3,(H2,33,39)(H,36,41)(H,37,42)(H,38,40)/t24-,25-/m0/s1. The lowest BCUT2D eigenvalue weighted by Gasteiger charge is -2.18. The van der Waals surface area contributed by atoms with Crippen LogP contribution in [-0.4, -0.2) is 88.6 Å². The molecule has 0 aliphatic rings. The fourth-order valence-corrected chi connectivity index (χ4v) is 4.35. The fraction of sp³-hybridized carbons (Fsp3) is 0.667. The Morgan fingerprint density at radius 2 is 1.40 bits per heavy atom. The van der Waals surface area contributed by atoms with Gasteiger partial charge in [-0.2, -0.15) is 0 Å². The molecule has 0 unspecified atom stereocenters. The van der Waals surface area contributed by atoms with Crippen molar-refractivity contribution in [3.05, 3.63) is 29.8 Å². The van der Waals surface area contributed by atoms with Crippen LogP contribution >= 0.6 is 0 Å². The number of benzene rings is 1. The van der Waals surface area contributed by atoms with Crippen molar-refractivity contribution in [2.45, 2.75) is 76.3 Å². The Balaban J connectivity index is 2.07. The lowest BCUT2D eigenvalue weighted by atomic mass is 10.1. The lowest BCUT2D eigenvalue weighted by Crippen LogP contribution is -2.49. The Bertz CT molecular complexity index is 949. The van der Waals surface area contributed by atoms with Gasteiger partial charge in [0, 0.05) is 18.7 Å². The van der Waals surface area contributed by atoms with Crippen molar-refractivity contribution in [3.63, 3.8) is 0 Å². The number of para-hydroxylation sites is 1. The van der Waals surface area contributed by atoms with Gasteiger partial charge in [0.2, 0.25) is 23.6 Å². The molecule has 0 aromatic heterocycles. The van der Waals surface area contributed by atoms with Crippen LogP contribution in [0.2, 0.25) is 0 Å². The number of unbranched alkanes of at least 4 members (excludes halogenated alkanes) is 3. The molecule has 2 atom stereocenters. The Hall–Kier alpha value is -3.26. The number of carbonyl (C=O) groups is 4. The molecule has 0 fully saturated rings. The first kappa shape index (κ1) is 37.8. The van der Waals surface area contributed by atoms with E-state index in [-0.39, 0.29) is 18.7 Å². The number of nitrogens with two attached hydrogens (primary N) is 3. The zero-order valence-electron chi connectivity index (χ0n) is 25.8. The average Bonchev–Trinajstić information content (AvgIpc) is 2.98. The molecule has 0 saturated heterocycles. The van der Waals surface area contributed by atoms with Crippen LogP contribution in [0, 0.1) is 0 Å². The predicted molar refractivity (Wildman–Crippen MR) is 168 cm³/mol. The molecule has 4 amide bonds. The van der Waals surface area contributed by atoms with Crippen molar-refractivity contribution in [2.75, 3.05) is 52.9 Å². The zero-order chi connectivity index (χ0) is 31.7. The fourth-order valence-electron chi connectivity index (χ4n) is 4.35. The molecule has 0 radical (unpaired) electrons. The molecular formula is C30H54N8O5. The van der Waals surface area contributed by atoms with Gasteiger partial charge in [-0.1, -0.05) is 31.0 Å². The average molecular weight is 607 g/mol. The van der Waals surface area contributed by atoms with Crippen LogP contribution < -0.4 is 48.5 Å².